The zero-order valence-electron chi connectivity index (χ0n) is 33.5. The van der Waals surface area contributed by atoms with Crippen molar-refractivity contribution in [2.24, 2.45) is 0 Å². The van der Waals surface area contributed by atoms with E-state index < -0.39 is 23.0 Å². The van der Waals surface area contributed by atoms with Gasteiger partial charge in [0.1, 0.15) is 15.9 Å². The monoisotopic (exact) mass is 835 g/mol. The van der Waals surface area contributed by atoms with Crippen LogP contribution in [0.5, 0.6) is 0 Å². The lowest BCUT2D eigenvalue weighted by Crippen LogP contribution is -2.30. The highest BCUT2D eigenvalue weighted by molar-refractivity contribution is 8.00. The Kier molecular flexibility index (Phi) is 13.6. The van der Waals surface area contributed by atoms with Gasteiger partial charge in [-0.05, 0) is 77.2 Å². The van der Waals surface area contributed by atoms with E-state index in [2.05, 4.69) is 33.0 Å². The van der Waals surface area contributed by atoms with Crippen LogP contribution in [0.4, 0.5) is 16.4 Å². The number of nitrogens with zero attached hydrogens (tertiary/aromatic N) is 2. The second-order valence-electron chi connectivity index (χ2n) is 14.4. The van der Waals surface area contributed by atoms with Crippen LogP contribution in [-0.4, -0.2) is 56.3 Å². The van der Waals surface area contributed by atoms with E-state index in [9.17, 15) is 19.2 Å². The van der Waals surface area contributed by atoms with Crippen LogP contribution in [0, 0.1) is 0 Å². The Balaban J connectivity index is 1.12. The molecule has 1 unspecified atom stereocenters. The number of hydrogen-bond donors (Lipinski definition) is 3. The second kappa shape index (κ2) is 19.5. The van der Waals surface area contributed by atoms with Crippen molar-refractivity contribution in [2.45, 2.75) is 29.7 Å². The fourth-order valence-electron chi connectivity index (χ4n) is 6.88. The standard InChI is InChI=1S/C48H45N5O5S2/c1-52(2)37-24-22-32(23-25-37)28-40(50-44(54)35-18-11-6-12-19-35)45(55)49-36-20-13-21-38(29-36)59-43(34-16-9-5-10-17-34)46(56)51-47-42(48(57)58-3)39-26-27-53(31-41(39)60-47)30-33-14-7-4-8-15-33/h4-25,28-29,43H,26-27,30-31H2,1-3H3,(H,49,55)(H,50,54)(H,51,56)/b40-28+. The van der Waals surface area contributed by atoms with E-state index >= 15 is 0 Å². The summed E-state index contributed by atoms with van der Waals surface area (Å²) in [7, 11) is 5.25. The molecule has 0 saturated heterocycles. The van der Waals surface area contributed by atoms with Crippen molar-refractivity contribution in [3.63, 3.8) is 0 Å². The van der Waals surface area contributed by atoms with Gasteiger partial charge < -0.3 is 25.6 Å². The quantitative estimate of drug-likeness (QED) is 0.0565. The molecule has 0 bridgehead atoms. The maximum absolute atomic E-state index is 14.4. The number of anilines is 3. The molecule has 6 aromatic rings. The number of methoxy groups -OCH3 is 1. The zero-order chi connectivity index (χ0) is 42.0. The van der Waals surface area contributed by atoms with Gasteiger partial charge in [-0.2, -0.15) is 0 Å². The molecule has 10 nitrogen and oxygen atoms in total. The fraction of sp³-hybridized carbons (Fsp3) is 0.167. The van der Waals surface area contributed by atoms with Crippen LogP contribution in [0.2, 0.25) is 0 Å². The molecule has 1 atom stereocenters. The molecule has 0 fully saturated rings. The summed E-state index contributed by atoms with van der Waals surface area (Å²) >= 11 is 2.73. The van der Waals surface area contributed by atoms with E-state index in [0.29, 0.717) is 39.7 Å². The summed E-state index contributed by atoms with van der Waals surface area (Å²) in [5.41, 5.74) is 5.96. The topological polar surface area (TPSA) is 120 Å². The Morgan fingerprint density at radius 3 is 2.20 bits per heavy atom. The molecule has 5 aromatic carbocycles. The lowest BCUT2D eigenvalue weighted by molar-refractivity contribution is -0.116. The molecule has 2 heterocycles. The summed E-state index contributed by atoms with van der Waals surface area (Å²) in [6, 6.07) is 43.2. The number of carbonyl (C=O) groups excluding carboxylic acids is 4. The molecular formula is C48H45N5O5S2. The van der Waals surface area contributed by atoms with Crippen molar-refractivity contribution in [2.75, 3.05) is 43.3 Å². The first-order valence-corrected chi connectivity index (χ1v) is 21.1. The van der Waals surface area contributed by atoms with Gasteiger partial charge in [-0.15, -0.1) is 23.1 Å². The smallest absolute Gasteiger partial charge is 0.341 e. The molecule has 12 heteroatoms. The summed E-state index contributed by atoms with van der Waals surface area (Å²) < 4.78 is 5.23. The van der Waals surface area contributed by atoms with E-state index in [4.69, 9.17) is 4.74 Å². The Bertz CT molecular complexity index is 2490. The number of hydrogen-bond acceptors (Lipinski definition) is 9. The number of nitrogens with one attached hydrogen (secondary N) is 3. The number of amides is 3. The largest absolute Gasteiger partial charge is 0.465 e. The van der Waals surface area contributed by atoms with Gasteiger partial charge in [0.2, 0.25) is 5.91 Å². The number of esters is 1. The van der Waals surface area contributed by atoms with Gasteiger partial charge in [0, 0.05) is 60.4 Å². The van der Waals surface area contributed by atoms with Gasteiger partial charge in [-0.25, -0.2) is 4.79 Å². The molecule has 0 aliphatic carbocycles. The predicted octanol–water partition coefficient (Wildman–Crippen LogP) is 9.04. The third kappa shape index (κ3) is 10.4. The van der Waals surface area contributed by atoms with E-state index in [0.717, 1.165) is 40.3 Å². The molecule has 3 amide bonds. The van der Waals surface area contributed by atoms with Crippen LogP contribution in [0.3, 0.4) is 0 Å². The molecular weight excluding hydrogens is 791 g/mol. The molecule has 0 radical (unpaired) electrons. The molecule has 0 saturated carbocycles. The minimum atomic E-state index is -0.720. The third-order valence-corrected chi connectivity index (χ3v) is 12.3. The van der Waals surface area contributed by atoms with Crippen LogP contribution in [0.25, 0.3) is 6.08 Å². The summed E-state index contributed by atoms with van der Waals surface area (Å²) in [5.74, 6) is -1.73. The van der Waals surface area contributed by atoms with Crippen molar-refractivity contribution in [3.8, 4) is 0 Å². The van der Waals surface area contributed by atoms with Crippen LogP contribution >= 0.6 is 23.1 Å². The maximum Gasteiger partial charge on any atom is 0.341 e. The van der Waals surface area contributed by atoms with Crippen LogP contribution in [-0.2, 0) is 33.8 Å². The summed E-state index contributed by atoms with van der Waals surface area (Å²) in [6.07, 6.45) is 2.29. The molecule has 1 aliphatic rings. The van der Waals surface area contributed by atoms with Crippen LogP contribution < -0.4 is 20.9 Å². The minimum absolute atomic E-state index is 0.0595. The van der Waals surface area contributed by atoms with E-state index in [-0.39, 0.29) is 11.6 Å². The number of ether oxygens (including phenoxy) is 1. The van der Waals surface area contributed by atoms with Gasteiger partial charge in [0.05, 0.1) is 12.7 Å². The van der Waals surface area contributed by atoms with Crippen molar-refractivity contribution in [1.29, 1.82) is 0 Å². The van der Waals surface area contributed by atoms with Crippen molar-refractivity contribution < 1.29 is 23.9 Å². The highest BCUT2D eigenvalue weighted by Gasteiger charge is 2.31. The SMILES string of the molecule is COC(=O)c1c(NC(=O)C(Sc2cccc(NC(=O)/C(=C\c3ccc(N(C)C)cc3)NC(=O)c3ccccc3)c2)c2ccccc2)sc2c1CCN(Cc1ccccc1)C2. The molecule has 304 valence electrons. The van der Waals surface area contributed by atoms with E-state index in [1.165, 1.54) is 35.8 Å². The number of thioether (sulfide) groups is 1. The Labute approximate surface area is 358 Å². The van der Waals surface area contributed by atoms with Gasteiger partial charge >= 0.3 is 5.97 Å². The highest BCUT2D eigenvalue weighted by Crippen LogP contribution is 2.41. The first kappa shape index (κ1) is 41.7. The van der Waals surface area contributed by atoms with Gasteiger partial charge in [-0.1, -0.05) is 97.1 Å². The lowest BCUT2D eigenvalue weighted by atomic mass is 10.0. The van der Waals surface area contributed by atoms with Crippen LogP contribution in [0.15, 0.2) is 150 Å². The molecule has 1 aliphatic heterocycles. The number of thiophene rings is 1. The second-order valence-corrected chi connectivity index (χ2v) is 16.7. The number of carbonyl (C=O) groups is 4. The Morgan fingerprint density at radius 2 is 1.52 bits per heavy atom. The zero-order valence-corrected chi connectivity index (χ0v) is 35.1. The molecule has 0 spiro atoms. The number of fused-ring (bicyclic) bond motifs is 1. The van der Waals surface area contributed by atoms with Crippen molar-refractivity contribution in [3.05, 3.63) is 183 Å². The third-order valence-electron chi connectivity index (χ3n) is 9.95. The van der Waals surface area contributed by atoms with Gasteiger partial charge in [0.25, 0.3) is 11.8 Å². The van der Waals surface area contributed by atoms with E-state index in [1.54, 1.807) is 48.5 Å². The summed E-state index contributed by atoms with van der Waals surface area (Å²) in [4.78, 5) is 60.9. The average Bonchev–Trinajstić information content (AvgIpc) is 3.63. The van der Waals surface area contributed by atoms with Gasteiger partial charge in [-0.3, -0.25) is 19.3 Å². The first-order valence-electron chi connectivity index (χ1n) is 19.4. The van der Waals surface area contributed by atoms with Crippen molar-refractivity contribution >= 4 is 69.2 Å². The van der Waals surface area contributed by atoms with E-state index in [1.807, 2.05) is 104 Å². The Hall–Kier alpha value is -6.47. The lowest BCUT2D eigenvalue weighted by Gasteiger charge is -2.27. The molecule has 7 rings (SSSR count). The maximum atomic E-state index is 14.4. The molecule has 60 heavy (non-hydrogen) atoms. The summed E-state index contributed by atoms with van der Waals surface area (Å²) in [5, 5.41) is 8.60. The number of rotatable bonds is 14. The predicted molar refractivity (Wildman–Crippen MR) is 241 cm³/mol. The normalized spacial score (nSPS) is 13.1. The first-order chi connectivity index (χ1) is 29.1. The summed E-state index contributed by atoms with van der Waals surface area (Å²) in [6.45, 7) is 2.20. The fourth-order valence-corrected chi connectivity index (χ4v) is 9.24. The number of benzene rings is 5. The minimum Gasteiger partial charge on any atom is -0.465 e. The van der Waals surface area contributed by atoms with Crippen LogP contribution in [0.1, 0.15) is 53.1 Å². The van der Waals surface area contributed by atoms with Crippen molar-refractivity contribution in [1.82, 2.24) is 10.2 Å². The Morgan fingerprint density at radius 1 is 0.833 bits per heavy atom. The van der Waals surface area contributed by atoms with Gasteiger partial charge in [0.15, 0.2) is 0 Å². The molecule has 1 aromatic heterocycles. The molecule has 3 N–H and O–H groups in total. The average molecular weight is 836 g/mol. The highest BCUT2D eigenvalue weighted by atomic mass is 32.2.